The van der Waals surface area contributed by atoms with E-state index in [2.05, 4.69) is 157 Å². The highest BCUT2D eigenvalue weighted by atomic mass is 16.5. The zero-order valence-corrected chi connectivity index (χ0v) is 24.2. The minimum absolute atomic E-state index is 0.498. The zero-order chi connectivity index (χ0) is 29.0. The topological polar surface area (TPSA) is 14.2 Å². The lowest BCUT2D eigenvalue weighted by Gasteiger charge is -2.39. The van der Waals surface area contributed by atoms with E-state index in [0.717, 1.165) is 17.2 Å². The Hall–Kier alpha value is -5.60. The van der Waals surface area contributed by atoms with Crippen LogP contribution in [0.2, 0.25) is 0 Å². The molecule has 0 atom stereocenters. The Bertz CT molecular complexity index is 2430. The number of nitrogens with zero attached hydrogens (tertiary/aromatic N) is 1. The van der Waals surface area contributed by atoms with Crippen LogP contribution in [0.3, 0.4) is 0 Å². The minimum atomic E-state index is -0.498. The fraction of sp³-hybridized carbons (Fsp3) is 0.0476. The summed E-state index contributed by atoms with van der Waals surface area (Å²) in [6.45, 7) is 2.15. The summed E-state index contributed by atoms with van der Waals surface area (Å²) >= 11 is 0. The molecule has 0 unspecified atom stereocenters. The fourth-order valence-corrected chi connectivity index (χ4v) is 8.09. The maximum Gasteiger partial charge on any atom is 0.133 e. The van der Waals surface area contributed by atoms with Gasteiger partial charge in [-0.2, -0.15) is 0 Å². The van der Waals surface area contributed by atoms with E-state index in [4.69, 9.17) is 4.74 Å². The first kappa shape index (κ1) is 23.9. The van der Waals surface area contributed by atoms with Gasteiger partial charge in [0.2, 0.25) is 0 Å². The summed E-state index contributed by atoms with van der Waals surface area (Å²) in [6, 6.07) is 53.3. The Morgan fingerprint density at radius 1 is 0.500 bits per heavy atom. The summed E-state index contributed by atoms with van der Waals surface area (Å²) in [5.74, 6) is 1.83. The summed E-state index contributed by atoms with van der Waals surface area (Å²) in [6.07, 6.45) is 0. The average molecular weight is 562 g/mol. The lowest BCUT2D eigenvalue weighted by atomic mass is 9.66. The molecule has 2 heteroatoms. The van der Waals surface area contributed by atoms with Crippen molar-refractivity contribution in [3.63, 3.8) is 0 Å². The maximum atomic E-state index is 6.86. The average Bonchev–Trinajstić information content (AvgIpc) is 3.55. The van der Waals surface area contributed by atoms with Crippen molar-refractivity contribution >= 4 is 32.6 Å². The molecule has 7 aromatic carbocycles. The van der Waals surface area contributed by atoms with Crippen molar-refractivity contribution in [1.29, 1.82) is 0 Å². The molecule has 1 aromatic heterocycles. The van der Waals surface area contributed by atoms with Crippen LogP contribution < -0.4 is 4.74 Å². The maximum absolute atomic E-state index is 6.86. The third-order valence-corrected chi connectivity index (χ3v) is 9.91. The lowest BCUT2D eigenvalue weighted by molar-refractivity contribution is 0.437. The van der Waals surface area contributed by atoms with Gasteiger partial charge in [-0.3, -0.25) is 0 Å². The third kappa shape index (κ3) is 2.90. The van der Waals surface area contributed by atoms with Crippen molar-refractivity contribution in [2.45, 2.75) is 12.3 Å². The number of aromatic nitrogens is 1. The molecule has 0 fully saturated rings. The number of rotatable bonds is 1. The highest BCUT2D eigenvalue weighted by Gasteiger charge is 2.51. The van der Waals surface area contributed by atoms with Crippen LogP contribution in [0.4, 0.5) is 0 Å². The van der Waals surface area contributed by atoms with E-state index in [1.165, 1.54) is 71.5 Å². The second-order valence-corrected chi connectivity index (χ2v) is 12.2. The minimum Gasteiger partial charge on any atom is -0.457 e. The van der Waals surface area contributed by atoms with E-state index in [1.54, 1.807) is 0 Å². The first-order valence-electron chi connectivity index (χ1n) is 15.3. The van der Waals surface area contributed by atoms with E-state index < -0.39 is 5.41 Å². The number of aryl methyl sites for hydroxylation is 1. The SMILES string of the molecule is Cc1ccc(-n2c3cc4c(cc3c3ccc5ccccc5c32)Oc2ccccc2C42c3ccccc3-c3ccccc32)cc1. The van der Waals surface area contributed by atoms with Gasteiger partial charge in [-0.1, -0.05) is 121 Å². The van der Waals surface area contributed by atoms with E-state index in [0.29, 0.717) is 0 Å². The molecule has 0 saturated carbocycles. The van der Waals surface area contributed by atoms with E-state index in [9.17, 15) is 0 Å². The molecule has 0 saturated heterocycles. The van der Waals surface area contributed by atoms with Gasteiger partial charge in [0.25, 0.3) is 0 Å². The van der Waals surface area contributed by atoms with Crippen LogP contribution in [-0.2, 0) is 5.41 Å². The molecule has 2 aliphatic rings. The fourth-order valence-electron chi connectivity index (χ4n) is 8.09. The Kier molecular flexibility index (Phi) is 4.61. The molecule has 0 amide bonds. The molecular formula is C42H27NO. The molecule has 1 spiro atoms. The smallest absolute Gasteiger partial charge is 0.133 e. The van der Waals surface area contributed by atoms with Crippen LogP contribution in [-0.4, -0.2) is 4.57 Å². The van der Waals surface area contributed by atoms with E-state index in [-0.39, 0.29) is 0 Å². The molecule has 8 aromatic rings. The molecule has 0 radical (unpaired) electrons. The van der Waals surface area contributed by atoms with Crippen LogP contribution in [0.25, 0.3) is 49.4 Å². The number of para-hydroxylation sites is 1. The number of fused-ring (bicyclic) bond motifs is 14. The second-order valence-electron chi connectivity index (χ2n) is 12.2. The monoisotopic (exact) mass is 561 g/mol. The van der Waals surface area contributed by atoms with Gasteiger partial charge in [-0.05, 0) is 64.9 Å². The number of ether oxygens (including phenoxy) is 1. The van der Waals surface area contributed by atoms with E-state index >= 15 is 0 Å². The predicted octanol–water partition coefficient (Wildman–Crippen LogP) is 10.7. The molecule has 1 aliphatic carbocycles. The van der Waals surface area contributed by atoms with Crippen LogP contribution >= 0.6 is 0 Å². The largest absolute Gasteiger partial charge is 0.457 e. The highest BCUT2D eigenvalue weighted by molar-refractivity contribution is 6.19. The van der Waals surface area contributed by atoms with Crippen molar-refractivity contribution in [3.8, 4) is 28.3 Å². The Balaban J connectivity index is 1.42. The van der Waals surface area contributed by atoms with Crippen molar-refractivity contribution in [2.75, 3.05) is 0 Å². The van der Waals surface area contributed by atoms with Crippen LogP contribution in [0.15, 0.2) is 146 Å². The van der Waals surface area contributed by atoms with Gasteiger partial charge in [0.05, 0.1) is 16.4 Å². The van der Waals surface area contributed by atoms with Crippen LogP contribution in [0.1, 0.15) is 27.8 Å². The lowest BCUT2D eigenvalue weighted by Crippen LogP contribution is -2.32. The van der Waals surface area contributed by atoms with Gasteiger partial charge < -0.3 is 9.30 Å². The van der Waals surface area contributed by atoms with Gasteiger partial charge >= 0.3 is 0 Å². The Labute approximate surface area is 255 Å². The molecular weight excluding hydrogens is 534 g/mol. The van der Waals surface area contributed by atoms with Crippen molar-refractivity contribution in [3.05, 3.63) is 173 Å². The van der Waals surface area contributed by atoms with Gasteiger partial charge in [0, 0.05) is 33.0 Å². The standard InChI is InChI=1S/C42H27NO/c1-26-18-21-28(22-19-26)43-38-25-37-40(24-33(38)32-23-20-27-10-2-3-11-29(27)41(32)43)44-39-17-9-8-16-36(39)42(37)34-14-6-4-12-30(34)31-13-5-7-15-35(31)42/h2-25H,1H3. The van der Waals surface area contributed by atoms with Gasteiger partial charge in [-0.25, -0.2) is 0 Å². The van der Waals surface area contributed by atoms with Gasteiger partial charge in [0.1, 0.15) is 11.5 Å². The van der Waals surface area contributed by atoms with Crippen LogP contribution in [0, 0.1) is 6.92 Å². The molecule has 0 N–H and O–H groups in total. The Morgan fingerprint density at radius 2 is 1.16 bits per heavy atom. The summed E-state index contributed by atoms with van der Waals surface area (Å²) < 4.78 is 9.33. The van der Waals surface area contributed by atoms with Gasteiger partial charge in [0.15, 0.2) is 0 Å². The predicted molar refractivity (Wildman–Crippen MR) is 180 cm³/mol. The van der Waals surface area contributed by atoms with Crippen LogP contribution in [0.5, 0.6) is 11.5 Å². The number of benzene rings is 7. The molecule has 0 bridgehead atoms. The summed E-state index contributed by atoms with van der Waals surface area (Å²) in [5.41, 5.74) is 11.9. The normalized spacial score (nSPS) is 13.9. The molecule has 206 valence electrons. The highest BCUT2D eigenvalue weighted by Crippen LogP contribution is 2.62. The molecule has 1 aliphatic heterocycles. The summed E-state index contributed by atoms with van der Waals surface area (Å²) in [7, 11) is 0. The van der Waals surface area contributed by atoms with E-state index in [1.807, 2.05) is 0 Å². The number of hydrogen-bond acceptors (Lipinski definition) is 1. The molecule has 2 heterocycles. The first-order valence-corrected chi connectivity index (χ1v) is 15.3. The summed E-state index contributed by atoms with van der Waals surface area (Å²) in [5, 5.41) is 4.90. The number of hydrogen-bond donors (Lipinski definition) is 0. The second kappa shape index (κ2) is 8.49. The van der Waals surface area contributed by atoms with Gasteiger partial charge in [-0.15, -0.1) is 0 Å². The zero-order valence-electron chi connectivity index (χ0n) is 24.2. The molecule has 10 rings (SSSR count). The summed E-state index contributed by atoms with van der Waals surface area (Å²) in [4.78, 5) is 0. The first-order chi connectivity index (χ1) is 21.7. The van der Waals surface area contributed by atoms with Crippen molar-refractivity contribution < 1.29 is 4.74 Å². The molecule has 44 heavy (non-hydrogen) atoms. The third-order valence-electron chi connectivity index (χ3n) is 9.91. The van der Waals surface area contributed by atoms with Crippen molar-refractivity contribution in [2.24, 2.45) is 0 Å². The quantitative estimate of drug-likeness (QED) is 0.194. The van der Waals surface area contributed by atoms with Crippen molar-refractivity contribution in [1.82, 2.24) is 4.57 Å². The Morgan fingerprint density at radius 3 is 1.93 bits per heavy atom. The molecule has 2 nitrogen and oxygen atoms in total.